The maximum absolute atomic E-state index is 12.9. The van der Waals surface area contributed by atoms with E-state index in [1.165, 1.54) is 17.9 Å². The lowest BCUT2D eigenvalue weighted by atomic mass is 10.1. The van der Waals surface area contributed by atoms with E-state index in [0.29, 0.717) is 16.6 Å². The quantitative estimate of drug-likeness (QED) is 0.352. The first-order valence-electron chi connectivity index (χ1n) is 9.82. The lowest BCUT2D eigenvalue weighted by Crippen LogP contribution is -2.37. The Hall–Kier alpha value is -3.66. The topological polar surface area (TPSA) is 112 Å². The summed E-state index contributed by atoms with van der Waals surface area (Å²) in [5, 5.41) is 3.32. The Balaban J connectivity index is 1.75. The van der Waals surface area contributed by atoms with Gasteiger partial charge in [0.15, 0.2) is 11.5 Å². The van der Waals surface area contributed by atoms with E-state index in [4.69, 9.17) is 4.42 Å². The van der Waals surface area contributed by atoms with Crippen molar-refractivity contribution in [1.29, 1.82) is 0 Å². The number of aryl methyl sites for hydroxylation is 2. The van der Waals surface area contributed by atoms with Crippen molar-refractivity contribution in [2.24, 2.45) is 14.1 Å². The number of nitrogens with one attached hydrogen (secondary N) is 1. The normalized spacial score (nSPS) is 11.1. The van der Waals surface area contributed by atoms with Crippen molar-refractivity contribution in [1.82, 2.24) is 24.4 Å². The Morgan fingerprint density at radius 1 is 1.09 bits per heavy atom. The van der Waals surface area contributed by atoms with Gasteiger partial charge in [0, 0.05) is 19.7 Å². The van der Waals surface area contributed by atoms with E-state index in [9.17, 15) is 14.4 Å². The predicted molar refractivity (Wildman–Crippen MR) is 121 cm³/mol. The number of rotatable bonds is 6. The molecule has 0 aliphatic rings. The standard InChI is InChI=1S/C22H21N5O4S/c1-13-7-4-5-9-15(13)18-24-19-17(21(29)27(3)22(30)26(19)2)20(25-18)32-12-16(28)23-11-14-8-6-10-31-14/h4-10H,11-12H2,1-3H3,(H,23,28). The number of benzene rings is 1. The third-order valence-corrected chi connectivity index (χ3v) is 6.01. The van der Waals surface area contributed by atoms with Gasteiger partial charge < -0.3 is 9.73 Å². The van der Waals surface area contributed by atoms with Crippen LogP contribution < -0.4 is 16.6 Å². The zero-order chi connectivity index (χ0) is 22.8. The number of thioether (sulfide) groups is 1. The average molecular weight is 452 g/mol. The van der Waals surface area contributed by atoms with Crippen molar-refractivity contribution < 1.29 is 9.21 Å². The molecule has 0 spiro atoms. The van der Waals surface area contributed by atoms with Gasteiger partial charge in [0.2, 0.25) is 5.91 Å². The fraction of sp³-hybridized carbons (Fsp3) is 0.227. The number of carbonyl (C=O) groups is 1. The smallest absolute Gasteiger partial charge is 0.332 e. The highest BCUT2D eigenvalue weighted by molar-refractivity contribution is 8.00. The van der Waals surface area contributed by atoms with E-state index in [2.05, 4.69) is 15.3 Å². The second kappa shape index (κ2) is 8.83. The summed E-state index contributed by atoms with van der Waals surface area (Å²) in [6.45, 7) is 2.20. The van der Waals surface area contributed by atoms with Crippen molar-refractivity contribution in [2.75, 3.05) is 5.75 Å². The van der Waals surface area contributed by atoms with Gasteiger partial charge in [-0.05, 0) is 24.6 Å². The first-order chi connectivity index (χ1) is 15.4. The van der Waals surface area contributed by atoms with Gasteiger partial charge in [0.1, 0.15) is 16.2 Å². The van der Waals surface area contributed by atoms with Gasteiger partial charge in [-0.15, -0.1) is 0 Å². The molecule has 0 atom stereocenters. The number of nitrogens with zero attached hydrogens (tertiary/aromatic N) is 4. The van der Waals surface area contributed by atoms with Gasteiger partial charge in [-0.1, -0.05) is 36.0 Å². The fourth-order valence-corrected chi connectivity index (χ4v) is 4.11. The summed E-state index contributed by atoms with van der Waals surface area (Å²) in [5.41, 5.74) is 0.978. The predicted octanol–water partition coefficient (Wildman–Crippen LogP) is 2.00. The summed E-state index contributed by atoms with van der Waals surface area (Å²) in [6, 6.07) is 11.1. The molecule has 0 aliphatic carbocycles. The van der Waals surface area contributed by atoms with Crippen LogP contribution in [0.5, 0.6) is 0 Å². The van der Waals surface area contributed by atoms with Crippen LogP contribution in [0.3, 0.4) is 0 Å². The molecule has 0 saturated carbocycles. The minimum Gasteiger partial charge on any atom is -0.467 e. The van der Waals surface area contributed by atoms with Crippen molar-refractivity contribution in [2.45, 2.75) is 18.5 Å². The first-order valence-corrected chi connectivity index (χ1v) is 10.8. The van der Waals surface area contributed by atoms with E-state index in [0.717, 1.165) is 27.5 Å². The SMILES string of the molecule is Cc1ccccc1-c1nc(SCC(=O)NCc2ccco2)c2c(=O)n(C)c(=O)n(C)c2n1. The average Bonchev–Trinajstić information content (AvgIpc) is 3.32. The monoisotopic (exact) mass is 451 g/mol. The van der Waals surface area contributed by atoms with E-state index in [-0.39, 0.29) is 29.2 Å². The fourth-order valence-electron chi connectivity index (χ4n) is 3.26. The number of amides is 1. The third kappa shape index (κ3) is 4.09. The number of fused-ring (bicyclic) bond motifs is 1. The zero-order valence-electron chi connectivity index (χ0n) is 17.8. The van der Waals surface area contributed by atoms with Gasteiger partial charge in [-0.2, -0.15) is 0 Å². The maximum atomic E-state index is 12.9. The Bertz CT molecular complexity index is 1420. The van der Waals surface area contributed by atoms with Crippen LogP contribution in [-0.2, 0) is 25.4 Å². The Morgan fingerprint density at radius 3 is 2.59 bits per heavy atom. The van der Waals surface area contributed by atoms with Crippen LogP contribution in [0.2, 0.25) is 0 Å². The van der Waals surface area contributed by atoms with Crippen molar-refractivity contribution >= 4 is 28.7 Å². The molecular formula is C22H21N5O4S. The molecule has 0 saturated heterocycles. The van der Waals surface area contributed by atoms with Crippen molar-refractivity contribution in [3.8, 4) is 11.4 Å². The molecule has 3 heterocycles. The van der Waals surface area contributed by atoms with E-state index >= 15 is 0 Å². The Labute approximate surface area is 187 Å². The van der Waals surface area contributed by atoms with Crippen LogP contribution in [-0.4, -0.2) is 30.8 Å². The molecule has 4 aromatic rings. The number of aromatic nitrogens is 4. The highest BCUT2D eigenvalue weighted by atomic mass is 32.2. The largest absolute Gasteiger partial charge is 0.467 e. The molecule has 3 aromatic heterocycles. The van der Waals surface area contributed by atoms with Gasteiger partial charge in [0.25, 0.3) is 5.56 Å². The van der Waals surface area contributed by atoms with Crippen molar-refractivity contribution in [3.05, 3.63) is 74.8 Å². The minimum atomic E-state index is -0.502. The molecule has 1 amide bonds. The van der Waals surface area contributed by atoms with Crippen LogP contribution in [0.25, 0.3) is 22.4 Å². The lowest BCUT2D eigenvalue weighted by molar-refractivity contribution is -0.118. The molecule has 164 valence electrons. The maximum Gasteiger partial charge on any atom is 0.332 e. The summed E-state index contributed by atoms with van der Waals surface area (Å²) >= 11 is 1.12. The van der Waals surface area contributed by atoms with Crippen LogP contribution in [0.4, 0.5) is 0 Å². The molecule has 9 nitrogen and oxygen atoms in total. The number of carbonyl (C=O) groups excluding carboxylic acids is 1. The highest BCUT2D eigenvalue weighted by Crippen LogP contribution is 2.27. The molecule has 0 unspecified atom stereocenters. The molecule has 0 radical (unpaired) electrons. The van der Waals surface area contributed by atoms with Crippen LogP contribution >= 0.6 is 11.8 Å². The third-order valence-electron chi connectivity index (χ3n) is 5.03. The highest BCUT2D eigenvalue weighted by Gasteiger charge is 2.19. The van der Waals surface area contributed by atoms with E-state index in [1.807, 2.05) is 31.2 Å². The lowest BCUT2D eigenvalue weighted by Gasteiger charge is -2.13. The number of hydrogen-bond acceptors (Lipinski definition) is 7. The van der Waals surface area contributed by atoms with Crippen LogP contribution in [0, 0.1) is 6.92 Å². The van der Waals surface area contributed by atoms with Crippen LogP contribution in [0.15, 0.2) is 61.7 Å². The molecule has 4 rings (SSSR count). The van der Waals surface area contributed by atoms with Gasteiger partial charge >= 0.3 is 5.69 Å². The second-order valence-electron chi connectivity index (χ2n) is 7.22. The van der Waals surface area contributed by atoms with Crippen molar-refractivity contribution in [3.63, 3.8) is 0 Å². The van der Waals surface area contributed by atoms with E-state index < -0.39 is 11.2 Å². The summed E-state index contributed by atoms with van der Waals surface area (Å²) in [4.78, 5) is 46.9. The number of hydrogen-bond donors (Lipinski definition) is 1. The molecule has 32 heavy (non-hydrogen) atoms. The number of furan rings is 1. The van der Waals surface area contributed by atoms with Gasteiger partial charge in [-0.3, -0.25) is 18.7 Å². The zero-order valence-corrected chi connectivity index (χ0v) is 18.6. The Kier molecular flexibility index (Phi) is 5.95. The second-order valence-corrected chi connectivity index (χ2v) is 8.18. The molecule has 10 heteroatoms. The molecular weight excluding hydrogens is 430 g/mol. The van der Waals surface area contributed by atoms with Gasteiger partial charge in [0.05, 0.1) is 18.6 Å². The van der Waals surface area contributed by atoms with Gasteiger partial charge in [-0.25, -0.2) is 14.8 Å². The molecule has 0 bridgehead atoms. The first kappa shape index (κ1) is 21.6. The summed E-state index contributed by atoms with van der Waals surface area (Å²) in [6.07, 6.45) is 1.54. The summed E-state index contributed by atoms with van der Waals surface area (Å²) in [5.74, 6) is 0.822. The summed E-state index contributed by atoms with van der Waals surface area (Å²) in [7, 11) is 2.97. The van der Waals surface area contributed by atoms with Crippen LogP contribution in [0.1, 0.15) is 11.3 Å². The molecule has 0 aliphatic heterocycles. The minimum absolute atomic E-state index is 0.0338. The summed E-state index contributed by atoms with van der Waals surface area (Å²) < 4.78 is 7.55. The molecule has 1 N–H and O–H groups in total. The molecule has 1 aromatic carbocycles. The van der Waals surface area contributed by atoms with E-state index in [1.54, 1.807) is 19.2 Å². The molecule has 0 fully saturated rings. The Morgan fingerprint density at radius 2 is 1.88 bits per heavy atom.